The van der Waals surface area contributed by atoms with E-state index in [0.29, 0.717) is 10.7 Å². The van der Waals surface area contributed by atoms with E-state index in [9.17, 15) is 9.59 Å². The zero-order valence-corrected chi connectivity index (χ0v) is 13.4. The van der Waals surface area contributed by atoms with Crippen molar-refractivity contribution in [3.05, 3.63) is 93.4 Å². The second-order valence-corrected chi connectivity index (χ2v) is 5.49. The molecule has 0 aliphatic heterocycles. The van der Waals surface area contributed by atoms with Crippen LogP contribution < -0.4 is 10.9 Å². The van der Waals surface area contributed by atoms with Crippen LogP contribution in [-0.4, -0.2) is 15.7 Å². The Bertz CT molecular complexity index is 923. The van der Waals surface area contributed by atoms with E-state index in [0.717, 1.165) is 5.56 Å². The minimum Gasteiger partial charge on any atom is -0.347 e. The number of carbonyl (C=O) groups excluding carboxylic acids is 1. The minimum atomic E-state index is -0.375. The Morgan fingerprint density at radius 1 is 1.00 bits per heavy atom. The van der Waals surface area contributed by atoms with Gasteiger partial charge in [-0.15, -0.1) is 0 Å². The van der Waals surface area contributed by atoms with E-state index in [-0.39, 0.29) is 23.7 Å². The Hall–Kier alpha value is -2.92. The molecule has 6 heteroatoms. The van der Waals surface area contributed by atoms with Crippen molar-refractivity contribution in [3.8, 4) is 5.69 Å². The van der Waals surface area contributed by atoms with Gasteiger partial charge in [0, 0.05) is 17.6 Å². The summed E-state index contributed by atoms with van der Waals surface area (Å²) in [5.74, 6) is -0.375. The van der Waals surface area contributed by atoms with Crippen LogP contribution in [0.15, 0.2) is 71.5 Å². The molecule has 0 bridgehead atoms. The second-order valence-electron chi connectivity index (χ2n) is 5.08. The first-order valence-electron chi connectivity index (χ1n) is 7.32. The number of hydrogen-bond donors (Lipinski definition) is 1. The van der Waals surface area contributed by atoms with Gasteiger partial charge in [0.1, 0.15) is 5.69 Å². The van der Waals surface area contributed by atoms with E-state index in [2.05, 4.69) is 10.4 Å². The second kappa shape index (κ2) is 7.10. The Balaban J connectivity index is 1.81. The van der Waals surface area contributed by atoms with Crippen LogP contribution in [0.25, 0.3) is 5.69 Å². The molecular weight excluding hydrogens is 326 g/mol. The van der Waals surface area contributed by atoms with Crippen LogP contribution in [0.1, 0.15) is 16.1 Å². The lowest BCUT2D eigenvalue weighted by Gasteiger charge is -2.08. The molecule has 1 aromatic heterocycles. The zero-order valence-electron chi connectivity index (χ0n) is 12.6. The van der Waals surface area contributed by atoms with Crippen LogP contribution in [0.5, 0.6) is 0 Å². The topological polar surface area (TPSA) is 64.0 Å². The van der Waals surface area contributed by atoms with Crippen molar-refractivity contribution >= 4 is 17.5 Å². The average molecular weight is 340 g/mol. The number of carbonyl (C=O) groups is 1. The largest absolute Gasteiger partial charge is 0.347 e. The summed E-state index contributed by atoms with van der Waals surface area (Å²) in [5, 5.41) is 7.47. The highest BCUT2D eigenvalue weighted by Gasteiger charge is 2.11. The minimum absolute atomic E-state index is 0.158. The first-order valence-corrected chi connectivity index (χ1v) is 7.70. The predicted molar refractivity (Wildman–Crippen MR) is 92.5 cm³/mol. The zero-order chi connectivity index (χ0) is 16.9. The lowest BCUT2D eigenvalue weighted by molar-refractivity contribution is 0.0944. The number of amides is 1. The highest BCUT2D eigenvalue weighted by molar-refractivity contribution is 6.31. The number of rotatable bonds is 4. The van der Waals surface area contributed by atoms with E-state index in [4.69, 9.17) is 11.6 Å². The third-order valence-electron chi connectivity index (χ3n) is 3.43. The fourth-order valence-electron chi connectivity index (χ4n) is 2.19. The first kappa shape index (κ1) is 16.0. The lowest BCUT2D eigenvalue weighted by Crippen LogP contribution is -2.28. The molecule has 3 rings (SSSR count). The Labute approximate surface area is 143 Å². The smallest absolute Gasteiger partial charge is 0.272 e. The molecule has 5 nitrogen and oxygen atoms in total. The third-order valence-corrected chi connectivity index (χ3v) is 3.80. The number of nitrogens with one attached hydrogen (secondary N) is 1. The molecule has 0 atom stereocenters. The summed E-state index contributed by atoms with van der Waals surface area (Å²) >= 11 is 6.07. The highest BCUT2D eigenvalue weighted by Crippen LogP contribution is 2.14. The van der Waals surface area contributed by atoms with Crippen molar-refractivity contribution in [2.45, 2.75) is 6.54 Å². The van der Waals surface area contributed by atoms with Gasteiger partial charge < -0.3 is 5.32 Å². The molecule has 0 saturated heterocycles. The Morgan fingerprint density at radius 2 is 1.71 bits per heavy atom. The maximum absolute atomic E-state index is 12.3. The van der Waals surface area contributed by atoms with Crippen LogP contribution in [0, 0.1) is 0 Å². The summed E-state index contributed by atoms with van der Waals surface area (Å²) in [6, 6.07) is 18.9. The van der Waals surface area contributed by atoms with Gasteiger partial charge in [0.2, 0.25) is 0 Å². The first-order chi connectivity index (χ1) is 11.6. The number of aromatic nitrogens is 2. The number of benzene rings is 2. The highest BCUT2D eigenvalue weighted by atomic mass is 35.5. The van der Waals surface area contributed by atoms with Gasteiger partial charge >= 0.3 is 0 Å². The lowest BCUT2D eigenvalue weighted by atomic mass is 10.2. The number of halogens is 1. The Kier molecular flexibility index (Phi) is 4.72. The van der Waals surface area contributed by atoms with E-state index in [1.165, 1.54) is 16.8 Å². The number of hydrogen-bond acceptors (Lipinski definition) is 3. The van der Waals surface area contributed by atoms with Gasteiger partial charge in [-0.2, -0.15) is 9.78 Å². The fourth-order valence-corrected chi connectivity index (χ4v) is 2.40. The van der Waals surface area contributed by atoms with Gasteiger partial charge in [0.05, 0.1) is 5.69 Å². The molecule has 1 heterocycles. The molecule has 3 aromatic rings. The molecule has 1 N–H and O–H groups in total. The molecule has 0 saturated carbocycles. The van der Waals surface area contributed by atoms with Gasteiger partial charge in [0.15, 0.2) is 0 Å². The van der Waals surface area contributed by atoms with Crippen molar-refractivity contribution < 1.29 is 4.79 Å². The quantitative estimate of drug-likeness (QED) is 0.795. The number of para-hydroxylation sites is 1. The molecule has 0 unspecified atom stereocenters. The third kappa shape index (κ3) is 3.52. The maximum atomic E-state index is 12.3. The molecule has 0 fully saturated rings. The van der Waals surface area contributed by atoms with Crippen molar-refractivity contribution in [2.75, 3.05) is 0 Å². The van der Waals surface area contributed by atoms with Gasteiger partial charge in [0.25, 0.3) is 11.5 Å². The van der Waals surface area contributed by atoms with Crippen molar-refractivity contribution in [1.82, 2.24) is 15.1 Å². The van der Waals surface area contributed by atoms with Crippen LogP contribution in [0.3, 0.4) is 0 Å². The number of nitrogens with zero attached hydrogens (tertiary/aromatic N) is 2. The van der Waals surface area contributed by atoms with Crippen LogP contribution >= 0.6 is 11.6 Å². The molecule has 0 aliphatic rings. The van der Waals surface area contributed by atoms with E-state index < -0.39 is 0 Å². The van der Waals surface area contributed by atoms with Crippen LogP contribution in [-0.2, 0) is 6.54 Å². The molecule has 0 spiro atoms. The van der Waals surface area contributed by atoms with Crippen LogP contribution in [0.4, 0.5) is 0 Å². The van der Waals surface area contributed by atoms with E-state index >= 15 is 0 Å². The Morgan fingerprint density at radius 3 is 2.46 bits per heavy atom. The average Bonchev–Trinajstić information content (AvgIpc) is 2.62. The molecular formula is C18H14ClN3O2. The molecule has 2 aromatic carbocycles. The summed E-state index contributed by atoms with van der Waals surface area (Å²) in [5.41, 5.74) is 1.27. The SMILES string of the molecule is O=C(NCc1ccccc1Cl)c1ccc(=O)n(-c2ccccc2)n1. The van der Waals surface area contributed by atoms with E-state index in [1.807, 2.05) is 24.3 Å². The van der Waals surface area contributed by atoms with E-state index in [1.54, 1.807) is 30.3 Å². The summed E-state index contributed by atoms with van der Waals surface area (Å²) in [4.78, 5) is 24.3. The van der Waals surface area contributed by atoms with Crippen molar-refractivity contribution in [2.24, 2.45) is 0 Å². The molecule has 1 amide bonds. The normalized spacial score (nSPS) is 10.4. The van der Waals surface area contributed by atoms with Gasteiger partial charge in [-0.25, -0.2) is 0 Å². The molecule has 0 radical (unpaired) electrons. The monoisotopic (exact) mass is 339 g/mol. The van der Waals surface area contributed by atoms with Crippen LogP contribution in [0.2, 0.25) is 5.02 Å². The van der Waals surface area contributed by atoms with Crippen molar-refractivity contribution in [1.29, 1.82) is 0 Å². The fraction of sp³-hybridized carbons (Fsp3) is 0.0556. The molecule has 0 aliphatic carbocycles. The standard InChI is InChI=1S/C18H14ClN3O2/c19-15-9-5-4-6-13(15)12-20-18(24)16-10-11-17(23)22(21-16)14-7-2-1-3-8-14/h1-11H,12H2,(H,20,24). The molecule has 24 heavy (non-hydrogen) atoms. The molecule has 120 valence electrons. The summed E-state index contributed by atoms with van der Waals surface area (Å²) in [6.45, 7) is 0.282. The van der Waals surface area contributed by atoms with Gasteiger partial charge in [-0.3, -0.25) is 9.59 Å². The van der Waals surface area contributed by atoms with Crippen molar-refractivity contribution in [3.63, 3.8) is 0 Å². The van der Waals surface area contributed by atoms with Gasteiger partial charge in [-0.05, 0) is 29.8 Å². The van der Waals surface area contributed by atoms with Gasteiger partial charge in [-0.1, -0.05) is 48.0 Å². The maximum Gasteiger partial charge on any atom is 0.272 e. The summed E-state index contributed by atoms with van der Waals surface area (Å²) < 4.78 is 1.20. The predicted octanol–water partition coefficient (Wildman–Crippen LogP) is 2.82. The summed E-state index contributed by atoms with van der Waals surface area (Å²) in [7, 11) is 0. The summed E-state index contributed by atoms with van der Waals surface area (Å²) in [6.07, 6.45) is 0.